The van der Waals surface area contributed by atoms with Gasteiger partial charge in [0.2, 0.25) is 5.91 Å². The summed E-state index contributed by atoms with van der Waals surface area (Å²) in [4.78, 5) is 48.1. The summed E-state index contributed by atoms with van der Waals surface area (Å²) in [6, 6.07) is 11.7. The molecule has 0 saturated heterocycles. The molecule has 2 rings (SSSR count). The lowest BCUT2D eigenvalue weighted by Crippen LogP contribution is -2.50. The van der Waals surface area contributed by atoms with E-state index in [1.807, 2.05) is 36.4 Å². The van der Waals surface area contributed by atoms with Crippen molar-refractivity contribution in [2.45, 2.75) is 19.4 Å². The minimum absolute atomic E-state index is 0.0531. The van der Waals surface area contributed by atoms with Gasteiger partial charge in [-0.15, -0.1) is 0 Å². The quantitative estimate of drug-likeness (QED) is 0.509. The average molecular weight is 401 g/mol. The fourth-order valence-electron chi connectivity index (χ4n) is 3.15. The van der Waals surface area contributed by atoms with Crippen LogP contribution in [-0.4, -0.2) is 49.2 Å². The van der Waals surface area contributed by atoms with Crippen LogP contribution in [0, 0.1) is 11.8 Å². The Morgan fingerprint density at radius 3 is 2.10 bits per heavy atom. The van der Waals surface area contributed by atoms with E-state index in [0.29, 0.717) is 5.56 Å². The first-order chi connectivity index (χ1) is 13.8. The Morgan fingerprint density at radius 1 is 0.966 bits per heavy atom. The summed E-state index contributed by atoms with van der Waals surface area (Å²) in [5.74, 6) is -6.35. The van der Waals surface area contributed by atoms with E-state index < -0.39 is 41.7 Å². The average Bonchev–Trinajstić information content (AvgIpc) is 2.71. The molecule has 0 aromatic heterocycles. The maximum Gasteiger partial charge on any atom is 0.326 e. The highest BCUT2D eigenvalue weighted by Crippen LogP contribution is 2.20. The number of carbonyl (C=O) groups is 4. The Kier molecular flexibility index (Phi) is 7.30. The molecular formula is C21H23NO7. The highest BCUT2D eigenvalue weighted by atomic mass is 16.5. The van der Waals surface area contributed by atoms with Crippen LogP contribution in [-0.2, 0) is 35.1 Å². The van der Waals surface area contributed by atoms with Crippen molar-refractivity contribution in [1.82, 2.24) is 5.32 Å². The highest BCUT2D eigenvalue weighted by Gasteiger charge is 2.41. The number of hydrogen-bond acceptors (Lipinski definition) is 6. The molecule has 0 fully saturated rings. The van der Waals surface area contributed by atoms with Crippen LogP contribution in [0.15, 0.2) is 42.5 Å². The molecule has 2 aromatic rings. The number of esters is 2. The molecule has 0 aliphatic carbocycles. The van der Waals surface area contributed by atoms with Gasteiger partial charge in [-0.3, -0.25) is 14.4 Å². The standard InChI is InChI=1S/C21H23NO7/c1-12(17(20(26)28-2)21(27)29-3)18(19(24)25)22-16(23)11-13-8-9-14-6-4-5-7-15(14)10-13/h4-10,12,17-18H,11H2,1-3H3,(H,22,23)(H,24,25)/t12-,18+/m0/s1. The molecule has 0 saturated carbocycles. The number of fused-ring (bicyclic) bond motifs is 1. The smallest absolute Gasteiger partial charge is 0.326 e. The van der Waals surface area contributed by atoms with Crippen molar-refractivity contribution in [1.29, 1.82) is 0 Å². The van der Waals surface area contributed by atoms with Crippen LogP contribution >= 0.6 is 0 Å². The monoisotopic (exact) mass is 401 g/mol. The van der Waals surface area contributed by atoms with Gasteiger partial charge in [0.1, 0.15) is 6.04 Å². The van der Waals surface area contributed by atoms with Crippen molar-refractivity contribution in [3.8, 4) is 0 Å². The fraction of sp³-hybridized carbons (Fsp3) is 0.333. The predicted octanol–water partition coefficient (Wildman–Crippen LogP) is 1.55. The largest absolute Gasteiger partial charge is 0.480 e. The van der Waals surface area contributed by atoms with E-state index in [1.54, 1.807) is 6.07 Å². The van der Waals surface area contributed by atoms with Crippen molar-refractivity contribution in [2.24, 2.45) is 11.8 Å². The molecule has 0 aliphatic rings. The molecule has 0 unspecified atom stereocenters. The molecule has 154 valence electrons. The Labute approximate surface area is 167 Å². The van der Waals surface area contributed by atoms with E-state index in [9.17, 15) is 24.3 Å². The summed E-state index contributed by atoms with van der Waals surface area (Å²) in [6.07, 6.45) is -0.0531. The number of aliphatic carboxylic acids is 1. The predicted molar refractivity (Wildman–Crippen MR) is 104 cm³/mol. The van der Waals surface area contributed by atoms with Gasteiger partial charge >= 0.3 is 17.9 Å². The zero-order valence-electron chi connectivity index (χ0n) is 16.4. The van der Waals surface area contributed by atoms with Gasteiger partial charge in [-0.25, -0.2) is 4.79 Å². The molecule has 2 N–H and O–H groups in total. The first kappa shape index (κ1) is 21.9. The van der Waals surface area contributed by atoms with Crippen LogP contribution in [0.5, 0.6) is 0 Å². The molecule has 0 bridgehead atoms. The van der Waals surface area contributed by atoms with E-state index in [2.05, 4.69) is 14.8 Å². The first-order valence-electron chi connectivity index (χ1n) is 8.94. The summed E-state index contributed by atoms with van der Waals surface area (Å²) in [5.41, 5.74) is 0.704. The number of benzene rings is 2. The third-order valence-corrected chi connectivity index (χ3v) is 4.72. The Bertz CT molecular complexity index is 908. The van der Waals surface area contributed by atoms with Crippen LogP contribution in [0.2, 0.25) is 0 Å². The van der Waals surface area contributed by atoms with Crippen molar-refractivity contribution in [3.05, 3.63) is 48.0 Å². The minimum atomic E-state index is -1.48. The summed E-state index contributed by atoms with van der Waals surface area (Å²) >= 11 is 0. The van der Waals surface area contributed by atoms with Crippen molar-refractivity contribution >= 4 is 34.6 Å². The third kappa shape index (κ3) is 5.31. The molecule has 2 atom stereocenters. The van der Waals surface area contributed by atoms with E-state index in [-0.39, 0.29) is 6.42 Å². The summed E-state index contributed by atoms with van der Waals surface area (Å²) in [7, 11) is 2.16. The van der Waals surface area contributed by atoms with Gasteiger partial charge in [0.05, 0.1) is 20.6 Å². The zero-order chi connectivity index (χ0) is 21.6. The van der Waals surface area contributed by atoms with Gasteiger partial charge in [0, 0.05) is 5.92 Å². The second-order valence-electron chi connectivity index (χ2n) is 6.62. The summed E-state index contributed by atoms with van der Waals surface area (Å²) in [5, 5.41) is 13.9. The number of ether oxygens (including phenoxy) is 2. The maximum absolute atomic E-state index is 12.5. The molecule has 1 amide bonds. The SMILES string of the molecule is COC(=O)C(C(=O)OC)[C@H](C)[C@@H](NC(=O)Cc1ccc2ccccc2c1)C(=O)O. The van der Waals surface area contributed by atoms with Crippen molar-refractivity contribution in [3.63, 3.8) is 0 Å². The maximum atomic E-state index is 12.5. The van der Waals surface area contributed by atoms with Crippen LogP contribution in [0.25, 0.3) is 10.8 Å². The molecule has 0 heterocycles. The Hall–Kier alpha value is -3.42. The van der Waals surface area contributed by atoms with Gasteiger partial charge in [-0.2, -0.15) is 0 Å². The fourth-order valence-corrected chi connectivity index (χ4v) is 3.15. The summed E-state index contributed by atoms with van der Waals surface area (Å²) in [6.45, 7) is 1.37. The highest BCUT2D eigenvalue weighted by molar-refractivity contribution is 5.96. The molecule has 29 heavy (non-hydrogen) atoms. The number of hydrogen-bond donors (Lipinski definition) is 2. The number of carboxylic acids is 1. The van der Waals surface area contributed by atoms with Gasteiger partial charge in [-0.05, 0) is 16.3 Å². The molecule has 0 spiro atoms. The molecule has 8 heteroatoms. The Balaban J connectivity index is 2.17. The van der Waals surface area contributed by atoms with Crippen LogP contribution in [0.4, 0.5) is 0 Å². The third-order valence-electron chi connectivity index (χ3n) is 4.72. The normalized spacial score (nSPS) is 12.8. The topological polar surface area (TPSA) is 119 Å². The van der Waals surface area contributed by atoms with Crippen LogP contribution in [0.3, 0.4) is 0 Å². The van der Waals surface area contributed by atoms with Crippen LogP contribution in [0.1, 0.15) is 12.5 Å². The lowest BCUT2D eigenvalue weighted by atomic mass is 9.87. The molecule has 0 aliphatic heterocycles. The van der Waals surface area contributed by atoms with Crippen LogP contribution < -0.4 is 5.32 Å². The van der Waals surface area contributed by atoms with Gasteiger partial charge in [0.25, 0.3) is 0 Å². The van der Waals surface area contributed by atoms with Gasteiger partial charge in [0.15, 0.2) is 5.92 Å². The number of nitrogens with one attached hydrogen (secondary N) is 1. The number of amides is 1. The molecule has 0 radical (unpaired) electrons. The second-order valence-corrected chi connectivity index (χ2v) is 6.62. The zero-order valence-corrected chi connectivity index (χ0v) is 16.4. The number of carboxylic acid groups (broad SMARTS) is 1. The number of rotatable bonds is 8. The Morgan fingerprint density at radius 2 is 1.55 bits per heavy atom. The van der Waals surface area contributed by atoms with E-state index in [1.165, 1.54) is 6.92 Å². The first-order valence-corrected chi connectivity index (χ1v) is 8.94. The molecular weight excluding hydrogens is 378 g/mol. The van der Waals surface area contributed by atoms with Crippen molar-refractivity contribution < 1.29 is 33.8 Å². The summed E-state index contributed by atoms with van der Waals surface area (Å²) < 4.78 is 9.16. The van der Waals surface area contributed by atoms with E-state index in [0.717, 1.165) is 25.0 Å². The van der Waals surface area contributed by atoms with E-state index in [4.69, 9.17) is 0 Å². The van der Waals surface area contributed by atoms with Gasteiger partial charge in [-0.1, -0.05) is 49.4 Å². The lowest BCUT2D eigenvalue weighted by molar-refractivity contribution is -0.163. The van der Waals surface area contributed by atoms with E-state index >= 15 is 0 Å². The number of methoxy groups -OCH3 is 2. The number of carbonyl (C=O) groups excluding carboxylic acids is 3. The van der Waals surface area contributed by atoms with Crippen molar-refractivity contribution in [2.75, 3.05) is 14.2 Å². The van der Waals surface area contributed by atoms with Gasteiger partial charge < -0.3 is 19.9 Å². The molecule has 8 nitrogen and oxygen atoms in total. The lowest BCUT2D eigenvalue weighted by Gasteiger charge is -2.26. The second kappa shape index (κ2) is 9.68. The molecule has 2 aromatic carbocycles. The minimum Gasteiger partial charge on any atom is -0.480 e.